The second-order valence-corrected chi connectivity index (χ2v) is 6.15. The van der Waals surface area contributed by atoms with Gasteiger partial charge in [-0.3, -0.25) is 4.99 Å². The Bertz CT molecular complexity index is 813. The molecule has 1 aliphatic heterocycles. The van der Waals surface area contributed by atoms with Gasteiger partial charge in [0.1, 0.15) is 11.8 Å². The number of nitrogens with one attached hydrogen (secondary N) is 1. The Morgan fingerprint density at radius 1 is 0.920 bits per heavy atom. The van der Waals surface area contributed by atoms with Crippen LogP contribution in [-0.2, 0) is 13.1 Å². The molecule has 1 aliphatic rings. The van der Waals surface area contributed by atoms with Crippen LogP contribution < -0.4 is 5.32 Å². The molecule has 0 saturated carbocycles. The van der Waals surface area contributed by atoms with Crippen LogP contribution in [0.5, 0.6) is 0 Å². The topological polar surface area (TPSA) is 40.8 Å². The van der Waals surface area contributed by atoms with E-state index in [1.54, 1.807) is 6.26 Å². The van der Waals surface area contributed by atoms with E-state index in [2.05, 4.69) is 58.7 Å². The molecule has 1 aromatic heterocycles. The van der Waals surface area contributed by atoms with Gasteiger partial charge in [-0.15, -0.1) is 0 Å². The molecule has 0 aliphatic carbocycles. The standard InChI is InChI=1S/C21H21N3O/c1-3-8-17(9-4-1)14-22-21-23-15-19(20-12-7-13-25-20)24(21)16-18-10-5-2-6-11-18/h1-13,19H,14-16H2,(H,22,23). The molecule has 1 unspecified atom stereocenters. The maximum Gasteiger partial charge on any atom is 0.195 e. The van der Waals surface area contributed by atoms with Gasteiger partial charge in [-0.25, -0.2) is 0 Å². The summed E-state index contributed by atoms with van der Waals surface area (Å²) >= 11 is 0. The zero-order valence-electron chi connectivity index (χ0n) is 14.0. The Balaban J connectivity index is 1.52. The van der Waals surface area contributed by atoms with Crippen LogP contribution in [0.3, 0.4) is 0 Å². The van der Waals surface area contributed by atoms with Crippen LogP contribution in [0.25, 0.3) is 0 Å². The Kier molecular flexibility index (Phi) is 4.51. The van der Waals surface area contributed by atoms with Crippen molar-refractivity contribution in [2.24, 2.45) is 4.99 Å². The molecule has 1 atom stereocenters. The molecule has 126 valence electrons. The molecule has 4 rings (SSSR count). The number of aliphatic imine (C=N–C) groups is 1. The van der Waals surface area contributed by atoms with Gasteiger partial charge in [0.05, 0.1) is 12.8 Å². The van der Waals surface area contributed by atoms with Gasteiger partial charge in [0, 0.05) is 13.1 Å². The number of benzene rings is 2. The maximum absolute atomic E-state index is 5.65. The number of rotatable bonds is 5. The lowest BCUT2D eigenvalue weighted by atomic mass is 10.1. The average molecular weight is 331 g/mol. The monoisotopic (exact) mass is 331 g/mol. The molecule has 4 heteroatoms. The van der Waals surface area contributed by atoms with E-state index in [0.29, 0.717) is 6.54 Å². The molecule has 25 heavy (non-hydrogen) atoms. The third-order valence-electron chi connectivity index (χ3n) is 4.42. The summed E-state index contributed by atoms with van der Waals surface area (Å²) in [6.45, 7) is 2.26. The first-order valence-electron chi connectivity index (χ1n) is 8.56. The van der Waals surface area contributed by atoms with Gasteiger partial charge in [0.15, 0.2) is 5.96 Å². The Labute approximate surface area is 147 Å². The lowest BCUT2D eigenvalue weighted by Gasteiger charge is -2.27. The van der Waals surface area contributed by atoms with E-state index in [1.807, 2.05) is 24.3 Å². The largest absolute Gasteiger partial charge is 0.467 e. The first kappa shape index (κ1) is 15.5. The fraction of sp³-hybridized carbons (Fsp3) is 0.190. The van der Waals surface area contributed by atoms with Crippen molar-refractivity contribution < 1.29 is 4.42 Å². The highest BCUT2D eigenvalue weighted by atomic mass is 16.3. The van der Waals surface area contributed by atoms with Gasteiger partial charge >= 0.3 is 0 Å². The molecule has 0 spiro atoms. The number of hydrogen-bond acceptors (Lipinski definition) is 4. The minimum Gasteiger partial charge on any atom is -0.467 e. The van der Waals surface area contributed by atoms with Gasteiger partial charge in [-0.05, 0) is 23.3 Å². The molecule has 2 heterocycles. The lowest BCUT2D eigenvalue weighted by molar-refractivity contribution is 0.289. The summed E-state index contributed by atoms with van der Waals surface area (Å²) in [5.41, 5.74) is 2.50. The van der Waals surface area contributed by atoms with E-state index < -0.39 is 0 Å². The lowest BCUT2D eigenvalue weighted by Crippen LogP contribution is -2.39. The molecule has 4 nitrogen and oxygen atoms in total. The number of guanidine groups is 1. The fourth-order valence-corrected chi connectivity index (χ4v) is 3.13. The maximum atomic E-state index is 5.65. The summed E-state index contributed by atoms with van der Waals surface area (Å²) in [5.74, 6) is 1.88. The van der Waals surface area contributed by atoms with Crippen LogP contribution in [0, 0.1) is 0 Å². The minimum atomic E-state index is 0.133. The minimum absolute atomic E-state index is 0.133. The molecule has 1 N–H and O–H groups in total. The van der Waals surface area contributed by atoms with Crippen LogP contribution in [-0.4, -0.2) is 17.4 Å². The fourth-order valence-electron chi connectivity index (χ4n) is 3.13. The zero-order valence-corrected chi connectivity index (χ0v) is 14.0. The van der Waals surface area contributed by atoms with Crippen molar-refractivity contribution in [3.63, 3.8) is 0 Å². The van der Waals surface area contributed by atoms with Crippen LogP contribution >= 0.6 is 0 Å². The SMILES string of the molecule is c1ccc(CNC2=NCC(c3ccco3)N2Cc2ccccc2)cc1. The van der Waals surface area contributed by atoms with E-state index in [9.17, 15) is 0 Å². The molecule has 0 radical (unpaired) electrons. The average Bonchev–Trinajstić information content (AvgIpc) is 3.32. The highest BCUT2D eigenvalue weighted by molar-refractivity contribution is 5.82. The Morgan fingerprint density at radius 2 is 1.64 bits per heavy atom. The Morgan fingerprint density at radius 3 is 2.32 bits per heavy atom. The molecule has 0 amide bonds. The predicted molar refractivity (Wildman–Crippen MR) is 99.0 cm³/mol. The predicted octanol–water partition coefficient (Wildman–Crippen LogP) is 3.98. The summed E-state index contributed by atoms with van der Waals surface area (Å²) in [6.07, 6.45) is 1.73. The second kappa shape index (κ2) is 7.26. The number of furan rings is 1. The number of hydrogen-bond donors (Lipinski definition) is 1. The molecule has 0 fully saturated rings. The van der Waals surface area contributed by atoms with Gasteiger partial charge in [-0.2, -0.15) is 0 Å². The van der Waals surface area contributed by atoms with Gasteiger partial charge < -0.3 is 14.6 Å². The van der Waals surface area contributed by atoms with Crippen molar-refractivity contribution in [3.05, 3.63) is 95.9 Å². The smallest absolute Gasteiger partial charge is 0.195 e. The summed E-state index contributed by atoms with van der Waals surface area (Å²) < 4.78 is 5.65. The van der Waals surface area contributed by atoms with Gasteiger partial charge in [-0.1, -0.05) is 60.7 Å². The van der Waals surface area contributed by atoms with Crippen LogP contribution in [0.1, 0.15) is 22.9 Å². The van der Waals surface area contributed by atoms with E-state index in [-0.39, 0.29) is 6.04 Å². The summed E-state index contributed by atoms with van der Waals surface area (Å²) in [4.78, 5) is 7.03. The summed E-state index contributed by atoms with van der Waals surface area (Å²) in [5, 5.41) is 3.49. The van der Waals surface area contributed by atoms with E-state index in [0.717, 1.165) is 24.8 Å². The molecule has 3 aromatic rings. The Hall–Kier alpha value is -3.01. The zero-order chi connectivity index (χ0) is 16.9. The highest BCUT2D eigenvalue weighted by Gasteiger charge is 2.30. The van der Waals surface area contributed by atoms with E-state index in [1.165, 1.54) is 11.1 Å². The van der Waals surface area contributed by atoms with Gasteiger partial charge in [0.2, 0.25) is 0 Å². The molecule has 2 aromatic carbocycles. The van der Waals surface area contributed by atoms with Crippen molar-refractivity contribution >= 4 is 5.96 Å². The van der Waals surface area contributed by atoms with Crippen molar-refractivity contribution in [2.45, 2.75) is 19.1 Å². The first-order chi connectivity index (χ1) is 12.4. The van der Waals surface area contributed by atoms with E-state index in [4.69, 9.17) is 9.41 Å². The molecular formula is C21H21N3O. The quantitative estimate of drug-likeness (QED) is 0.769. The van der Waals surface area contributed by atoms with Crippen molar-refractivity contribution in [2.75, 3.05) is 6.54 Å². The van der Waals surface area contributed by atoms with Crippen molar-refractivity contribution in [1.82, 2.24) is 10.2 Å². The molecule has 0 bridgehead atoms. The van der Waals surface area contributed by atoms with Crippen molar-refractivity contribution in [3.8, 4) is 0 Å². The van der Waals surface area contributed by atoms with Gasteiger partial charge in [0.25, 0.3) is 0 Å². The van der Waals surface area contributed by atoms with Crippen LogP contribution in [0.2, 0.25) is 0 Å². The summed E-state index contributed by atoms with van der Waals surface area (Å²) in [7, 11) is 0. The number of nitrogens with zero attached hydrogens (tertiary/aromatic N) is 2. The molecular weight excluding hydrogens is 310 g/mol. The third-order valence-corrected chi connectivity index (χ3v) is 4.42. The van der Waals surface area contributed by atoms with Crippen LogP contribution in [0.4, 0.5) is 0 Å². The van der Waals surface area contributed by atoms with Crippen molar-refractivity contribution in [1.29, 1.82) is 0 Å². The second-order valence-electron chi connectivity index (χ2n) is 6.15. The third kappa shape index (κ3) is 3.58. The highest BCUT2D eigenvalue weighted by Crippen LogP contribution is 2.28. The molecule has 0 saturated heterocycles. The van der Waals surface area contributed by atoms with E-state index >= 15 is 0 Å². The van der Waals surface area contributed by atoms with Crippen LogP contribution in [0.15, 0.2) is 88.5 Å². The first-order valence-corrected chi connectivity index (χ1v) is 8.56. The summed E-state index contributed by atoms with van der Waals surface area (Å²) in [6, 6.07) is 25.0. The normalized spacial score (nSPS) is 16.7.